The summed E-state index contributed by atoms with van der Waals surface area (Å²) in [5.41, 5.74) is 1.36. The number of halogens is 2. The number of rotatable bonds is 4. The monoisotopic (exact) mass is 280 g/mol. The fourth-order valence-electron chi connectivity index (χ4n) is 1.50. The van der Waals surface area contributed by atoms with Crippen molar-refractivity contribution in [3.63, 3.8) is 0 Å². The van der Waals surface area contributed by atoms with Crippen LogP contribution in [0.4, 0.5) is 0 Å². The van der Waals surface area contributed by atoms with Crippen molar-refractivity contribution in [1.29, 1.82) is 0 Å². The predicted octanol–water partition coefficient (Wildman–Crippen LogP) is 4.30. The molecule has 0 spiro atoms. The topological polar surface area (TPSA) is 26.3 Å². The van der Waals surface area contributed by atoms with Gasteiger partial charge in [0.15, 0.2) is 0 Å². The molecule has 0 N–H and O–H groups in total. The molecule has 2 nitrogen and oxygen atoms in total. The Morgan fingerprint density at radius 1 is 1.11 bits per heavy atom. The van der Waals surface area contributed by atoms with Gasteiger partial charge in [0, 0.05) is 10.6 Å². The molecule has 0 heterocycles. The summed E-state index contributed by atoms with van der Waals surface area (Å²) in [5, 5.41) is -0.133. The van der Waals surface area contributed by atoms with Gasteiger partial charge in [-0.1, -0.05) is 41.9 Å². The fraction of sp³-hybridized carbons (Fsp3) is 0.0714. The number of hydrogen-bond donors (Lipinski definition) is 0. The van der Waals surface area contributed by atoms with Gasteiger partial charge in [-0.05, 0) is 35.4 Å². The lowest BCUT2D eigenvalue weighted by Crippen LogP contribution is -1.97. The zero-order valence-electron chi connectivity index (χ0n) is 9.40. The van der Waals surface area contributed by atoms with Crippen molar-refractivity contribution < 1.29 is 9.53 Å². The zero-order valence-corrected chi connectivity index (χ0v) is 10.9. The lowest BCUT2D eigenvalue weighted by Gasteiger charge is -2.07. The van der Waals surface area contributed by atoms with E-state index in [1.54, 1.807) is 12.1 Å². The van der Waals surface area contributed by atoms with E-state index in [0.717, 1.165) is 5.56 Å². The molecule has 0 bridgehead atoms. The summed E-state index contributed by atoms with van der Waals surface area (Å²) in [6, 6.07) is 14.4. The van der Waals surface area contributed by atoms with E-state index in [2.05, 4.69) is 0 Å². The summed E-state index contributed by atoms with van der Waals surface area (Å²) in [6.45, 7) is 0.414. The predicted molar refractivity (Wildman–Crippen MR) is 72.4 cm³/mol. The first-order chi connectivity index (χ1) is 8.65. The molecule has 0 atom stereocenters. The number of carbonyl (C=O) groups excluding carboxylic acids is 1. The number of benzene rings is 2. The van der Waals surface area contributed by atoms with E-state index >= 15 is 0 Å². The minimum atomic E-state index is -0.554. The van der Waals surface area contributed by atoms with E-state index in [4.69, 9.17) is 27.9 Å². The van der Waals surface area contributed by atoms with Crippen LogP contribution in [-0.4, -0.2) is 5.24 Å². The van der Waals surface area contributed by atoms with Crippen LogP contribution >= 0.6 is 23.2 Å². The quantitative estimate of drug-likeness (QED) is 0.781. The summed E-state index contributed by atoms with van der Waals surface area (Å²) in [5.74, 6) is 0.523. The van der Waals surface area contributed by atoms with E-state index in [1.165, 1.54) is 6.07 Å². The molecule has 92 valence electrons. The van der Waals surface area contributed by atoms with Crippen molar-refractivity contribution in [2.45, 2.75) is 6.61 Å². The summed E-state index contributed by atoms with van der Waals surface area (Å²) in [4.78, 5) is 11.1. The van der Waals surface area contributed by atoms with Gasteiger partial charge < -0.3 is 4.74 Å². The maximum absolute atomic E-state index is 11.1. The van der Waals surface area contributed by atoms with Gasteiger partial charge in [0.1, 0.15) is 12.4 Å². The first kappa shape index (κ1) is 12.9. The standard InChI is InChI=1S/C14H10Cl2O2/c15-12-6-11(14(16)17)7-13(8-12)18-9-10-4-2-1-3-5-10/h1-8H,9H2. The highest BCUT2D eigenvalue weighted by molar-refractivity contribution is 6.67. The van der Waals surface area contributed by atoms with Crippen molar-refractivity contribution in [3.8, 4) is 5.75 Å². The lowest BCUT2D eigenvalue weighted by atomic mass is 10.2. The van der Waals surface area contributed by atoms with Crippen LogP contribution in [0.15, 0.2) is 48.5 Å². The normalized spacial score (nSPS) is 10.1. The van der Waals surface area contributed by atoms with Gasteiger partial charge in [-0.2, -0.15) is 0 Å². The third kappa shape index (κ3) is 3.49. The van der Waals surface area contributed by atoms with Crippen molar-refractivity contribution in [1.82, 2.24) is 0 Å². The smallest absolute Gasteiger partial charge is 0.252 e. The molecular formula is C14H10Cl2O2. The maximum Gasteiger partial charge on any atom is 0.252 e. The van der Waals surface area contributed by atoms with Gasteiger partial charge in [0.2, 0.25) is 0 Å². The van der Waals surface area contributed by atoms with Crippen LogP contribution in [0.5, 0.6) is 5.75 Å². The van der Waals surface area contributed by atoms with Crippen molar-refractivity contribution in [2.24, 2.45) is 0 Å². The van der Waals surface area contributed by atoms with E-state index in [1.807, 2.05) is 30.3 Å². The Bertz CT molecular complexity index is 553. The Morgan fingerprint density at radius 2 is 1.83 bits per heavy atom. The zero-order chi connectivity index (χ0) is 13.0. The van der Waals surface area contributed by atoms with Crippen LogP contribution in [0, 0.1) is 0 Å². The third-order valence-corrected chi connectivity index (χ3v) is 2.78. The molecular weight excluding hydrogens is 271 g/mol. The Balaban J connectivity index is 2.12. The molecule has 0 amide bonds. The van der Waals surface area contributed by atoms with Crippen LogP contribution in [0.25, 0.3) is 0 Å². The summed E-state index contributed by atoms with van der Waals surface area (Å²) < 4.78 is 5.57. The Morgan fingerprint density at radius 3 is 2.50 bits per heavy atom. The Labute approximate surface area is 115 Å². The molecule has 0 saturated carbocycles. The summed E-state index contributed by atoms with van der Waals surface area (Å²) >= 11 is 11.3. The number of carbonyl (C=O) groups is 1. The highest BCUT2D eigenvalue weighted by Gasteiger charge is 2.06. The SMILES string of the molecule is O=C(Cl)c1cc(Cl)cc(OCc2ccccc2)c1. The van der Waals surface area contributed by atoms with Crippen LogP contribution in [0.1, 0.15) is 15.9 Å². The number of hydrogen-bond acceptors (Lipinski definition) is 2. The molecule has 0 fully saturated rings. The molecule has 0 radical (unpaired) electrons. The Kier molecular flexibility index (Phi) is 4.24. The minimum Gasteiger partial charge on any atom is -0.489 e. The Hall–Kier alpha value is -1.51. The molecule has 0 unspecified atom stereocenters. The highest BCUT2D eigenvalue weighted by atomic mass is 35.5. The van der Waals surface area contributed by atoms with Gasteiger partial charge in [-0.25, -0.2) is 0 Å². The lowest BCUT2D eigenvalue weighted by molar-refractivity contribution is 0.108. The largest absolute Gasteiger partial charge is 0.489 e. The molecule has 0 aromatic heterocycles. The highest BCUT2D eigenvalue weighted by Crippen LogP contribution is 2.23. The third-order valence-electron chi connectivity index (χ3n) is 2.35. The van der Waals surface area contributed by atoms with Crippen LogP contribution in [-0.2, 0) is 6.61 Å². The van der Waals surface area contributed by atoms with Crippen LogP contribution in [0.2, 0.25) is 5.02 Å². The second-order valence-electron chi connectivity index (χ2n) is 3.72. The van der Waals surface area contributed by atoms with Crippen molar-refractivity contribution in [3.05, 3.63) is 64.7 Å². The fourth-order valence-corrected chi connectivity index (χ4v) is 1.83. The first-order valence-electron chi connectivity index (χ1n) is 5.32. The second kappa shape index (κ2) is 5.89. The maximum atomic E-state index is 11.1. The molecule has 0 saturated heterocycles. The second-order valence-corrected chi connectivity index (χ2v) is 4.50. The molecule has 2 rings (SSSR count). The van der Waals surface area contributed by atoms with Crippen LogP contribution in [0.3, 0.4) is 0 Å². The van der Waals surface area contributed by atoms with Gasteiger partial charge in [-0.3, -0.25) is 4.79 Å². The van der Waals surface area contributed by atoms with Crippen molar-refractivity contribution >= 4 is 28.4 Å². The molecule has 2 aromatic carbocycles. The molecule has 0 aliphatic heterocycles. The van der Waals surface area contributed by atoms with Gasteiger partial charge >= 0.3 is 0 Å². The van der Waals surface area contributed by atoms with E-state index in [9.17, 15) is 4.79 Å². The average molecular weight is 281 g/mol. The van der Waals surface area contributed by atoms with Crippen LogP contribution < -0.4 is 4.74 Å². The van der Waals surface area contributed by atoms with E-state index in [-0.39, 0.29) is 0 Å². The minimum absolute atomic E-state index is 0.326. The number of ether oxygens (including phenoxy) is 1. The average Bonchev–Trinajstić information content (AvgIpc) is 2.37. The molecule has 0 aliphatic carbocycles. The molecule has 2 aromatic rings. The van der Waals surface area contributed by atoms with E-state index in [0.29, 0.717) is 22.9 Å². The van der Waals surface area contributed by atoms with Crippen molar-refractivity contribution in [2.75, 3.05) is 0 Å². The molecule has 0 aliphatic rings. The summed E-state index contributed by atoms with van der Waals surface area (Å²) in [7, 11) is 0. The summed E-state index contributed by atoms with van der Waals surface area (Å²) in [6.07, 6.45) is 0. The van der Waals surface area contributed by atoms with Gasteiger partial charge in [-0.15, -0.1) is 0 Å². The first-order valence-corrected chi connectivity index (χ1v) is 6.08. The molecule has 4 heteroatoms. The van der Waals surface area contributed by atoms with Gasteiger partial charge in [0.25, 0.3) is 5.24 Å². The molecule has 18 heavy (non-hydrogen) atoms. The van der Waals surface area contributed by atoms with Gasteiger partial charge in [0.05, 0.1) is 0 Å². The van der Waals surface area contributed by atoms with E-state index < -0.39 is 5.24 Å².